The van der Waals surface area contributed by atoms with Crippen LogP contribution < -0.4 is 10.6 Å². The number of hydrogen-bond acceptors (Lipinski definition) is 3. The lowest BCUT2D eigenvalue weighted by atomic mass is 10.1. The molecule has 0 saturated carbocycles. The molecular formula is C13H24N2O3. The first-order chi connectivity index (χ1) is 8.43. The molecule has 0 aliphatic rings. The molecule has 0 heterocycles. The van der Waals surface area contributed by atoms with Gasteiger partial charge in [-0.1, -0.05) is 20.4 Å². The van der Waals surface area contributed by atoms with Gasteiger partial charge < -0.3 is 15.4 Å². The highest BCUT2D eigenvalue weighted by atomic mass is 16.5. The highest BCUT2D eigenvalue weighted by Crippen LogP contribution is 2.01. The predicted octanol–water partition coefficient (Wildman–Crippen LogP) is 1.84. The van der Waals surface area contributed by atoms with E-state index in [1.807, 2.05) is 0 Å². The third-order valence-electron chi connectivity index (χ3n) is 2.21. The first kappa shape index (κ1) is 16.5. The van der Waals surface area contributed by atoms with Crippen LogP contribution in [0.4, 0.5) is 4.79 Å². The van der Waals surface area contributed by atoms with E-state index in [0.29, 0.717) is 24.6 Å². The molecule has 0 atom stereocenters. The second kappa shape index (κ2) is 9.50. The number of nitrogens with one attached hydrogen (secondary N) is 2. The number of carbonyl (C=O) groups is 2. The molecule has 104 valence electrons. The minimum atomic E-state index is -0.436. The van der Waals surface area contributed by atoms with Crippen LogP contribution in [0.15, 0.2) is 12.2 Å². The van der Waals surface area contributed by atoms with Crippen molar-refractivity contribution in [2.75, 3.05) is 19.7 Å². The summed E-state index contributed by atoms with van der Waals surface area (Å²) in [4.78, 5) is 22.3. The van der Waals surface area contributed by atoms with Crippen LogP contribution >= 0.6 is 0 Å². The average Bonchev–Trinajstić information content (AvgIpc) is 2.29. The molecule has 5 nitrogen and oxygen atoms in total. The molecule has 0 spiro atoms. The van der Waals surface area contributed by atoms with Crippen molar-refractivity contribution in [1.29, 1.82) is 0 Å². The molecule has 0 aromatic rings. The van der Waals surface area contributed by atoms with E-state index in [2.05, 4.69) is 31.1 Å². The fourth-order valence-electron chi connectivity index (χ4n) is 1.21. The van der Waals surface area contributed by atoms with Crippen molar-refractivity contribution in [3.63, 3.8) is 0 Å². The molecule has 0 unspecified atom stereocenters. The van der Waals surface area contributed by atoms with Gasteiger partial charge in [0.25, 0.3) is 0 Å². The van der Waals surface area contributed by atoms with Gasteiger partial charge >= 0.3 is 12.0 Å². The number of carbonyl (C=O) groups excluding carboxylic acids is 2. The van der Waals surface area contributed by atoms with Crippen molar-refractivity contribution in [1.82, 2.24) is 10.6 Å². The Labute approximate surface area is 109 Å². The van der Waals surface area contributed by atoms with Crippen LogP contribution in [0.1, 0.15) is 33.6 Å². The zero-order valence-electron chi connectivity index (χ0n) is 11.5. The highest BCUT2D eigenvalue weighted by Gasteiger charge is 2.03. The number of ether oxygens (including phenoxy) is 1. The molecule has 0 radical (unpaired) electrons. The van der Waals surface area contributed by atoms with E-state index in [1.165, 1.54) is 0 Å². The van der Waals surface area contributed by atoms with Crippen molar-refractivity contribution >= 4 is 12.0 Å². The quantitative estimate of drug-likeness (QED) is 0.395. The molecule has 0 rings (SSSR count). The van der Waals surface area contributed by atoms with Gasteiger partial charge in [-0.25, -0.2) is 9.59 Å². The molecule has 5 heteroatoms. The summed E-state index contributed by atoms with van der Waals surface area (Å²) in [7, 11) is 0. The van der Waals surface area contributed by atoms with E-state index < -0.39 is 5.97 Å². The molecule has 0 saturated heterocycles. The second-order valence-corrected chi connectivity index (χ2v) is 4.64. The van der Waals surface area contributed by atoms with Crippen LogP contribution in [-0.4, -0.2) is 31.7 Å². The van der Waals surface area contributed by atoms with Crippen LogP contribution in [0, 0.1) is 5.92 Å². The van der Waals surface area contributed by atoms with Crippen LogP contribution in [0.2, 0.25) is 0 Å². The predicted molar refractivity (Wildman–Crippen MR) is 71.2 cm³/mol. The van der Waals surface area contributed by atoms with E-state index in [1.54, 1.807) is 6.92 Å². The van der Waals surface area contributed by atoms with Gasteiger partial charge in [-0.2, -0.15) is 0 Å². The first-order valence-corrected chi connectivity index (χ1v) is 6.27. The normalized spacial score (nSPS) is 10.0. The zero-order chi connectivity index (χ0) is 14.0. The molecule has 18 heavy (non-hydrogen) atoms. The summed E-state index contributed by atoms with van der Waals surface area (Å²) in [5.41, 5.74) is 0.355. The van der Waals surface area contributed by atoms with Gasteiger partial charge in [0.05, 0.1) is 6.54 Å². The minimum absolute atomic E-state index is 0.158. The van der Waals surface area contributed by atoms with Gasteiger partial charge in [-0.3, -0.25) is 0 Å². The Morgan fingerprint density at radius 3 is 2.39 bits per heavy atom. The Balaban J connectivity index is 3.43. The Kier molecular flexibility index (Phi) is 8.70. The number of urea groups is 1. The SMILES string of the molecule is C=C(C)C(=O)OCCNC(=O)NCCCC(C)C. The first-order valence-electron chi connectivity index (χ1n) is 6.27. The van der Waals surface area contributed by atoms with E-state index >= 15 is 0 Å². The lowest BCUT2D eigenvalue weighted by Crippen LogP contribution is -2.38. The van der Waals surface area contributed by atoms with E-state index in [-0.39, 0.29) is 12.6 Å². The van der Waals surface area contributed by atoms with Gasteiger partial charge in [-0.05, 0) is 25.7 Å². The van der Waals surface area contributed by atoms with Crippen molar-refractivity contribution in [3.8, 4) is 0 Å². The molecule has 0 aliphatic carbocycles. The van der Waals surface area contributed by atoms with Crippen molar-refractivity contribution < 1.29 is 14.3 Å². The number of esters is 1. The van der Waals surface area contributed by atoms with Gasteiger partial charge in [0.15, 0.2) is 0 Å². The number of amides is 2. The maximum atomic E-state index is 11.3. The van der Waals surface area contributed by atoms with Gasteiger partial charge in [-0.15, -0.1) is 0 Å². The topological polar surface area (TPSA) is 67.4 Å². The van der Waals surface area contributed by atoms with Crippen LogP contribution in [0.3, 0.4) is 0 Å². The third-order valence-corrected chi connectivity index (χ3v) is 2.21. The van der Waals surface area contributed by atoms with Crippen LogP contribution in [-0.2, 0) is 9.53 Å². The smallest absolute Gasteiger partial charge is 0.333 e. The van der Waals surface area contributed by atoms with Gasteiger partial charge in [0.2, 0.25) is 0 Å². The van der Waals surface area contributed by atoms with Crippen molar-refractivity contribution in [2.45, 2.75) is 33.6 Å². The van der Waals surface area contributed by atoms with E-state index in [0.717, 1.165) is 12.8 Å². The summed E-state index contributed by atoms with van der Waals surface area (Å²) < 4.78 is 4.83. The molecule has 0 fully saturated rings. The summed E-state index contributed by atoms with van der Waals surface area (Å²) in [6, 6.07) is -0.231. The molecule has 0 aromatic heterocycles. The lowest BCUT2D eigenvalue weighted by Gasteiger charge is -2.09. The molecule has 2 N–H and O–H groups in total. The highest BCUT2D eigenvalue weighted by molar-refractivity contribution is 5.86. The van der Waals surface area contributed by atoms with Crippen LogP contribution in [0.25, 0.3) is 0 Å². The number of hydrogen-bond donors (Lipinski definition) is 2. The molecule has 0 aliphatic heterocycles. The molecule has 2 amide bonds. The third kappa shape index (κ3) is 9.69. The lowest BCUT2D eigenvalue weighted by molar-refractivity contribution is -0.138. The van der Waals surface area contributed by atoms with Crippen LogP contribution in [0.5, 0.6) is 0 Å². The monoisotopic (exact) mass is 256 g/mol. The Morgan fingerprint density at radius 1 is 1.22 bits per heavy atom. The molecule has 0 bridgehead atoms. The maximum Gasteiger partial charge on any atom is 0.333 e. The van der Waals surface area contributed by atoms with Crippen molar-refractivity contribution in [2.24, 2.45) is 5.92 Å². The zero-order valence-corrected chi connectivity index (χ0v) is 11.5. The Morgan fingerprint density at radius 2 is 1.83 bits per heavy atom. The second-order valence-electron chi connectivity index (χ2n) is 4.64. The fraction of sp³-hybridized carbons (Fsp3) is 0.692. The Bertz CT molecular complexity index is 288. The van der Waals surface area contributed by atoms with Gasteiger partial charge in [0.1, 0.15) is 6.61 Å². The Hall–Kier alpha value is -1.52. The van der Waals surface area contributed by atoms with Gasteiger partial charge in [0, 0.05) is 12.1 Å². The minimum Gasteiger partial charge on any atom is -0.460 e. The summed E-state index contributed by atoms with van der Waals surface area (Å²) in [6.45, 7) is 10.5. The van der Waals surface area contributed by atoms with Crippen molar-refractivity contribution in [3.05, 3.63) is 12.2 Å². The average molecular weight is 256 g/mol. The molecule has 0 aromatic carbocycles. The summed E-state index contributed by atoms with van der Waals surface area (Å²) in [6.07, 6.45) is 2.06. The summed E-state index contributed by atoms with van der Waals surface area (Å²) in [5, 5.41) is 5.35. The summed E-state index contributed by atoms with van der Waals surface area (Å²) in [5.74, 6) is 0.213. The fourth-order valence-corrected chi connectivity index (χ4v) is 1.21. The number of rotatable bonds is 8. The van der Waals surface area contributed by atoms with E-state index in [9.17, 15) is 9.59 Å². The standard InChI is InChI=1S/C13H24N2O3/c1-10(2)6-5-7-14-13(17)15-8-9-18-12(16)11(3)4/h10H,3,5-9H2,1-2,4H3,(H2,14,15,17). The maximum absolute atomic E-state index is 11.3. The summed E-state index contributed by atoms with van der Waals surface area (Å²) >= 11 is 0. The molecular weight excluding hydrogens is 232 g/mol. The largest absolute Gasteiger partial charge is 0.460 e. The van der Waals surface area contributed by atoms with E-state index in [4.69, 9.17) is 4.74 Å².